The number of halogens is 3. The molecule has 0 bridgehead atoms. The van der Waals surface area contributed by atoms with E-state index < -0.39 is 12.1 Å². The lowest BCUT2D eigenvalue weighted by atomic mass is 10.00. The van der Waals surface area contributed by atoms with Crippen LogP contribution in [0.2, 0.25) is 0 Å². The van der Waals surface area contributed by atoms with Gasteiger partial charge in [-0.25, -0.2) is 10.3 Å². The van der Waals surface area contributed by atoms with Crippen molar-refractivity contribution in [3.63, 3.8) is 0 Å². The number of aryl methyl sites for hydroxylation is 2. The number of phenols is 1. The normalized spacial score (nSPS) is 11.2. The van der Waals surface area contributed by atoms with Crippen molar-refractivity contribution in [2.75, 3.05) is 12.0 Å². The highest BCUT2D eigenvalue weighted by Crippen LogP contribution is 2.23. The number of carbonyl (C=O) groups is 1. The number of nitrogens with one attached hydrogen (secondary N) is 1. The summed E-state index contributed by atoms with van der Waals surface area (Å²) in [6.07, 6.45) is -3.45. The molecule has 0 atom stereocenters. The smallest absolute Gasteiger partial charge is 0.493 e. The molecule has 0 fully saturated rings. The molecule has 0 spiro atoms. The molecule has 2 rings (SSSR count). The summed E-state index contributed by atoms with van der Waals surface area (Å²) in [4.78, 5) is 15.0. The Labute approximate surface area is 148 Å². The predicted molar refractivity (Wildman–Crippen MR) is 90.5 cm³/mol. The van der Waals surface area contributed by atoms with Crippen molar-refractivity contribution >= 4 is 11.7 Å². The van der Waals surface area contributed by atoms with Gasteiger partial charge >= 0.3 is 12.1 Å². The molecule has 26 heavy (non-hydrogen) atoms. The van der Waals surface area contributed by atoms with E-state index >= 15 is 0 Å². The Kier molecular flexibility index (Phi) is 6.46. The molecular formula is C18H19F3N2O3. The van der Waals surface area contributed by atoms with Gasteiger partial charge in [-0.3, -0.25) is 0 Å². The maximum atomic E-state index is 12.3. The predicted octanol–water partition coefficient (Wildman–Crippen LogP) is 3.11. The van der Waals surface area contributed by atoms with E-state index in [1.165, 1.54) is 0 Å². The third-order valence-electron chi connectivity index (χ3n) is 3.68. The standard InChI is InChI=1S/C18H19F3N2O3/c19-18(20,21)17(25)26-23-16-7-5-13(8-9-22)10-14(16)6-4-12-2-1-3-15(24)11-12/h1-3,5,7,10-11,23-24H,4,6,8-9,22H2. The summed E-state index contributed by atoms with van der Waals surface area (Å²) in [6, 6.07) is 11.8. The number of hydrogen-bond acceptors (Lipinski definition) is 5. The van der Waals surface area contributed by atoms with Crippen LogP contribution < -0.4 is 11.2 Å². The van der Waals surface area contributed by atoms with Gasteiger partial charge in [0.15, 0.2) is 0 Å². The van der Waals surface area contributed by atoms with Crippen LogP contribution in [-0.4, -0.2) is 23.8 Å². The van der Waals surface area contributed by atoms with E-state index in [9.17, 15) is 23.1 Å². The van der Waals surface area contributed by atoms with Crippen LogP contribution in [0.15, 0.2) is 42.5 Å². The summed E-state index contributed by atoms with van der Waals surface area (Å²) < 4.78 is 36.8. The maximum absolute atomic E-state index is 12.3. The summed E-state index contributed by atoms with van der Waals surface area (Å²) in [5.74, 6) is -2.18. The van der Waals surface area contributed by atoms with Gasteiger partial charge < -0.3 is 15.7 Å². The van der Waals surface area contributed by atoms with Crippen LogP contribution in [0, 0.1) is 0 Å². The van der Waals surface area contributed by atoms with Gasteiger partial charge in [0.05, 0.1) is 5.69 Å². The lowest BCUT2D eigenvalue weighted by Gasteiger charge is -2.14. The Balaban J connectivity index is 2.14. The second-order valence-electron chi connectivity index (χ2n) is 5.69. The monoisotopic (exact) mass is 368 g/mol. The van der Waals surface area contributed by atoms with E-state index in [2.05, 4.69) is 10.3 Å². The minimum atomic E-state index is -5.08. The van der Waals surface area contributed by atoms with Crippen LogP contribution in [0.25, 0.3) is 0 Å². The van der Waals surface area contributed by atoms with Gasteiger partial charge in [-0.05, 0) is 60.7 Å². The minimum Gasteiger partial charge on any atom is -0.508 e. The molecule has 0 aliphatic carbocycles. The number of hydrogen-bond donors (Lipinski definition) is 3. The van der Waals surface area contributed by atoms with Gasteiger partial charge in [0.2, 0.25) is 0 Å². The molecule has 0 saturated carbocycles. The Hall–Kier alpha value is -2.74. The number of alkyl halides is 3. The number of nitrogens with two attached hydrogens (primary N) is 1. The van der Waals surface area contributed by atoms with Crippen molar-refractivity contribution in [1.29, 1.82) is 0 Å². The maximum Gasteiger partial charge on any atom is 0.493 e. The Morgan fingerprint density at radius 1 is 1.08 bits per heavy atom. The zero-order valence-corrected chi connectivity index (χ0v) is 13.8. The number of carbonyl (C=O) groups excluding carboxylic acids is 1. The molecule has 0 aliphatic rings. The second kappa shape index (κ2) is 8.57. The number of anilines is 1. The molecule has 0 aliphatic heterocycles. The lowest BCUT2D eigenvalue weighted by molar-refractivity contribution is -0.196. The van der Waals surface area contributed by atoms with Crippen molar-refractivity contribution in [2.24, 2.45) is 5.73 Å². The summed E-state index contributed by atoms with van der Waals surface area (Å²) >= 11 is 0. The van der Waals surface area contributed by atoms with E-state index in [0.29, 0.717) is 31.4 Å². The van der Waals surface area contributed by atoms with Crippen molar-refractivity contribution in [3.8, 4) is 5.75 Å². The highest BCUT2D eigenvalue weighted by Gasteiger charge is 2.41. The van der Waals surface area contributed by atoms with Crippen LogP contribution in [0.1, 0.15) is 16.7 Å². The molecule has 0 radical (unpaired) electrons. The molecule has 2 aromatic rings. The lowest BCUT2D eigenvalue weighted by Crippen LogP contribution is -2.27. The Morgan fingerprint density at radius 2 is 1.81 bits per heavy atom. The van der Waals surface area contributed by atoms with Crippen LogP contribution in [0.5, 0.6) is 5.75 Å². The Bertz CT molecular complexity index is 764. The quantitative estimate of drug-likeness (QED) is 0.654. The molecule has 4 N–H and O–H groups in total. The van der Waals surface area contributed by atoms with Crippen molar-refractivity contribution in [2.45, 2.75) is 25.4 Å². The van der Waals surface area contributed by atoms with Crippen LogP contribution >= 0.6 is 0 Å². The topological polar surface area (TPSA) is 84.6 Å². The van der Waals surface area contributed by atoms with Crippen molar-refractivity contribution in [3.05, 3.63) is 59.2 Å². The summed E-state index contributed by atoms with van der Waals surface area (Å²) in [6.45, 7) is 0.432. The molecule has 8 heteroatoms. The van der Waals surface area contributed by atoms with E-state index in [-0.39, 0.29) is 11.4 Å². The molecule has 140 valence electrons. The van der Waals surface area contributed by atoms with Gasteiger partial charge in [-0.2, -0.15) is 13.2 Å². The highest BCUT2D eigenvalue weighted by atomic mass is 19.4. The minimum absolute atomic E-state index is 0.136. The average molecular weight is 368 g/mol. The first-order valence-corrected chi connectivity index (χ1v) is 7.93. The van der Waals surface area contributed by atoms with E-state index in [4.69, 9.17) is 5.73 Å². The first-order chi connectivity index (χ1) is 12.3. The van der Waals surface area contributed by atoms with Gasteiger partial charge in [0.1, 0.15) is 5.75 Å². The van der Waals surface area contributed by atoms with Crippen molar-refractivity contribution in [1.82, 2.24) is 0 Å². The SMILES string of the molecule is NCCc1ccc(NOC(=O)C(F)(F)F)c(CCc2cccc(O)c2)c1. The molecule has 0 heterocycles. The number of benzene rings is 2. The Morgan fingerprint density at radius 3 is 2.46 bits per heavy atom. The van der Waals surface area contributed by atoms with Gasteiger partial charge in [-0.1, -0.05) is 24.3 Å². The number of rotatable bonds is 7. The summed E-state index contributed by atoms with van der Waals surface area (Å²) in [5.41, 5.74) is 10.4. The van der Waals surface area contributed by atoms with Gasteiger partial charge in [0, 0.05) is 0 Å². The molecule has 0 saturated heterocycles. The first kappa shape index (κ1) is 19.6. The fourth-order valence-corrected chi connectivity index (χ4v) is 2.43. The average Bonchev–Trinajstić information content (AvgIpc) is 2.58. The summed E-state index contributed by atoms with van der Waals surface area (Å²) in [7, 11) is 0. The fourth-order valence-electron chi connectivity index (χ4n) is 2.43. The van der Waals surface area contributed by atoms with E-state index in [0.717, 1.165) is 11.1 Å². The molecule has 0 amide bonds. The second-order valence-corrected chi connectivity index (χ2v) is 5.69. The molecule has 2 aromatic carbocycles. The molecule has 0 aromatic heterocycles. The number of phenolic OH excluding ortho intramolecular Hbond substituents is 1. The fraction of sp³-hybridized carbons (Fsp3) is 0.278. The van der Waals surface area contributed by atoms with Gasteiger partial charge in [0.25, 0.3) is 0 Å². The highest BCUT2D eigenvalue weighted by molar-refractivity contribution is 5.76. The van der Waals surface area contributed by atoms with Crippen LogP contribution in [0.4, 0.5) is 18.9 Å². The first-order valence-electron chi connectivity index (χ1n) is 7.93. The third-order valence-corrected chi connectivity index (χ3v) is 3.68. The number of aromatic hydroxyl groups is 1. The van der Waals surface area contributed by atoms with Gasteiger partial charge in [-0.15, -0.1) is 0 Å². The van der Waals surface area contributed by atoms with E-state index in [1.807, 2.05) is 6.07 Å². The van der Waals surface area contributed by atoms with Crippen LogP contribution in [0.3, 0.4) is 0 Å². The third kappa shape index (κ3) is 5.66. The zero-order valence-electron chi connectivity index (χ0n) is 13.8. The largest absolute Gasteiger partial charge is 0.508 e. The molecular weight excluding hydrogens is 349 g/mol. The zero-order chi connectivity index (χ0) is 19.2. The molecule has 5 nitrogen and oxygen atoms in total. The summed E-state index contributed by atoms with van der Waals surface area (Å²) in [5, 5.41) is 9.51. The van der Waals surface area contributed by atoms with Crippen LogP contribution in [-0.2, 0) is 28.9 Å². The van der Waals surface area contributed by atoms with Crippen molar-refractivity contribution < 1.29 is 27.9 Å². The molecule has 0 unspecified atom stereocenters. The van der Waals surface area contributed by atoms with E-state index in [1.54, 1.807) is 36.4 Å².